The Morgan fingerprint density at radius 1 is 1.08 bits per heavy atom. The van der Waals surface area contributed by atoms with Crippen LogP contribution in [0.1, 0.15) is 40.5 Å². The highest BCUT2D eigenvalue weighted by atomic mass is 15.1. The van der Waals surface area contributed by atoms with Crippen LogP contribution >= 0.6 is 0 Å². The van der Waals surface area contributed by atoms with E-state index in [1.807, 2.05) is 0 Å². The smallest absolute Gasteiger partial charge is 0.0169 e. The predicted molar refractivity (Wildman–Crippen MR) is 56.1 cm³/mol. The molecule has 1 heteroatoms. The van der Waals surface area contributed by atoms with Crippen LogP contribution in [-0.2, 0) is 0 Å². The number of allylic oxidation sites excluding steroid dienone is 1. The van der Waals surface area contributed by atoms with Crippen LogP contribution in [-0.4, -0.2) is 18.0 Å². The molecule has 0 N–H and O–H groups in total. The summed E-state index contributed by atoms with van der Waals surface area (Å²) in [6.45, 7) is 11.3. The Balaban J connectivity index is 3.76. The molecule has 0 aliphatic carbocycles. The molecule has 1 nitrogen and oxygen atoms in total. The summed E-state index contributed by atoms with van der Waals surface area (Å²) in [5.74, 6) is 0.668. The fraction of sp³-hybridized carbons (Fsp3) is 0.818. The lowest BCUT2D eigenvalue weighted by Crippen LogP contribution is -2.18. The van der Waals surface area contributed by atoms with Gasteiger partial charge in [-0.25, -0.2) is 0 Å². The maximum atomic E-state index is 2.40. The topological polar surface area (TPSA) is 3.24 Å². The average Bonchev–Trinajstić information content (AvgIpc) is 2.01. The third-order valence-corrected chi connectivity index (χ3v) is 1.70. The maximum Gasteiger partial charge on any atom is 0.0169 e. The summed E-state index contributed by atoms with van der Waals surface area (Å²) < 4.78 is 0. The summed E-state index contributed by atoms with van der Waals surface area (Å²) in [5, 5.41) is 0. The molecule has 12 heavy (non-hydrogen) atoms. The van der Waals surface area contributed by atoms with Gasteiger partial charge in [0.2, 0.25) is 0 Å². The Kier molecular flexibility index (Phi) is 6.93. The van der Waals surface area contributed by atoms with Gasteiger partial charge < -0.3 is 4.90 Å². The zero-order valence-corrected chi connectivity index (χ0v) is 9.01. The lowest BCUT2D eigenvalue weighted by atomic mass is 10.2. The van der Waals surface area contributed by atoms with E-state index in [1.165, 1.54) is 25.9 Å². The van der Waals surface area contributed by atoms with E-state index in [1.54, 1.807) is 0 Å². The van der Waals surface area contributed by atoms with Gasteiger partial charge in [0.05, 0.1) is 0 Å². The molecule has 0 atom stereocenters. The molecule has 0 amide bonds. The monoisotopic (exact) mass is 169 g/mol. The molecule has 0 aromatic heterocycles. The lowest BCUT2D eigenvalue weighted by Gasteiger charge is -2.18. The van der Waals surface area contributed by atoms with E-state index in [0.29, 0.717) is 5.92 Å². The van der Waals surface area contributed by atoms with Gasteiger partial charge >= 0.3 is 0 Å². The van der Waals surface area contributed by atoms with Gasteiger partial charge in [-0.3, -0.25) is 0 Å². The van der Waals surface area contributed by atoms with Crippen LogP contribution in [0.4, 0.5) is 0 Å². The van der Waals surface area contributed by atoms with Crippen LogP contribution in [0.15, 0.2) is 12.3 Å². The van der Waals surface area contributed by atoms with Crippen molar-refractivity contribution < 1.29 is 0 Å². The molecule has 72 valence electrons. The molecule has 0 saturated carbocycles. The van der Waals surface area contributed by atoms with Crippen molar-refractivity contribution in [1.29, 1.82) is 0 Å². The van der Waals surface area contributed by atoms with Gasteiger partial charge in [-0.15, -0.1) is 0 Å². The second-order valence-corrected chi connectivity index (χ2v) is 3.62. The third-order valence-electron chi connectivity index (χ3n) is 1.70. The van der Waals surface area contributed by atoms with Gasteiger partial charge in [-0.1, -0.05) is 33.8 Å². The van der Waals surface area contributed by atoms with Crippen LogP contribution in [0.5, 0.6) is 0 Å². The van der Waals surface area contributed by atoms with Crippen molar-refractivity contribution in [3.63, 3.8) is 0 Å². The van der Waals surface area contributed by atoms with Crippen LogP contribution in [0.2, 0.25) is 0 Å². The quantitative estimate of drug-likeness (QED) is 0.590. The highest BCUT2D eigenvalue weighted by Gasteiger charge is 1.94. The molecule has 0 spiro atoms. The fourth-order valence-electron chi connectivity index (χ4n) is 1.13. The van der Waals surface area contributed by atoms with E-state index in [-0.39, 0.29) is 0 Å². The Labute approximate surface area is 77.5 Å². The molecule has 0 aliphatic rings. The van der Waals surface area contributed by atoms with Crippen molar-refractivity contribution in [2.24, 2.45) is 5.92 Å². The van der Waals surface area contributed by atoms with Gasteiger partial charge in [0, 0.05) is 13.1 Å². The maximum absolute atomic E-state index is 2.40. The second kappa shape index (κ2) is 7.20. The van der Waals surface area contributed by atoms with E-state index in [2.05, 4.69) is 44.9 Å². The molecule has 0 aliphatic heterocycles. The Morgan fingerprint density at radius 3 is 1.92 bits per heavy atom. The molecule has 0 rings (SSSR count). The van der Waals surface area contributed by atoms with Gasteiger partial charge in [0.15, 0.2) is 0 Å². The van der Waals surface area contributed by atoms with Crippen molar-refractivity contribution in [3.8, 4) is 0 Å². The standard InChI is InChI=1S/C11H23N/c1-5-8-12(9-6-2)10-7-11(3)4/h7,10-11H,5-6,8-9H2,1-4H3/b10-7+. The molecule has 0 radical (unpaired) electrons. The van der Waals surface area contributed by atoms with E-state index in [4.69, 9.17) is 0 Å². The summed E-state index contributed by atoms with van der Waals surface area (Å²) in [6, 6.07) is 0. The Morgan fingerprint density at radius 2 is 1.58 bits per heavy atom. The first-order valence-electron chi connectivity index (χ1n) is 5.13. The molecule has 0 aromatic rings. The van der Waals surface area contributed by atoms with E-state index in [0.717, 1.165) is 0 Å². The summed E-state index contributed by atoms with van der Waals surface area (Å²) in [5.41, 5.74) is 0. The van der Waals surface area contributed by atoms with Crippen LogP contribution in [0.3, 0.4) is 0 Å². The first-order chi connectivity index (χ1) is 5.70. The number of rotatable bonds is 6. The normalized spacial score (nSPS) is 11.4. The van der Waals surface area contributed by atoms with Gasteiger partial charge in [0.1, 0.15) is 0 Å². The number of hydrogen-bond acceptors (Lipinski definition) is 1. The predicted octanol–water partition coefficient (Wildman–Crippen LogP) is 3.28. The number of hydrogen-bond donors (Lipinski definition) is 0. The van der Waals surface area contributed by atoms with Crippen LogP contribution < -0.4 is 0 Å². The van der Waals surface area contributed by atoms with Crippen molar-refractivity contribution in [2.45, 2.75) is 40.5 Å². The molecule has 0 aromatic carbocycles. The summed E-state index contributed by atoms with van der Waals surface area (Å²) in [6.07, 6.45) is 6.99. The third kappa shape index (κ3) is 6.26. The van der Waals surface area contributed by atoms with Gasteiger partial charge in [-0.05, 0) is 25.0 Å². The zero-order valence-electron chi connectivity index (χ0n) is 9.01. The van der Waals surface area contributed by atoms with E-state index < -0.39 is 0 Å². The molecule has 0 fully saturated rings. The first kappa shape index (κ1) is 11.5. The SMILES string of the molecule is CCCN(/C=C/C(C)C)CCC. The first-order valence-corrected chi connectivity index (χ1v) is 5.13. The Hall–Kier alpha value is -0.460. The largest absolute Gasteiger partial charge is 0.378 e. The van der Waals surface area contributed by atoms with Gasteiger partial charge in [0.25, 0.3) is 0 Å². The molecular formula is C11H23N. The molecule has 0 bridgehead atoms. The zero-order chi connectivity index (χ0) is 9.40. The highest BCUT2D eigenvalue weighted by molar-refractivity contribution is 4.84. The minimum atomic E-state index is 0.668. The highest BCUT2D eigenvalue weighted by Crippen LogP contribution is 1.99. The summed E-state index contributed by atoms with van der Waals surface area (Å²) in [4.78, 5) is 2.40. The van der Waals surface area contributed by atoms with Crippen molar-refractivity contribution in [3.05, 3.63) is 12.3 Å². The number of nitrogens with zero attached hydrogens (tertiary/aromatic N) is 1. The molecule has 0 heterocycles. The summed E-state index contributed by atoms with van der Waals surface area (Å²) >= 11 is 0. The van der Waals surface area contributed by atoms with Crippen LogP contribution in [0, 0.1) is 5.92 Å². The van der Waals surface area contributed by atoms with Crippen molar-refractivity contribution in [1.82, 2.24) is 4.90 Å². The summed E-state index contributed by atoms with van der Waals surface area (Å²) in [7, 11) is 0. The average molecular weight is 169 g/mol. The minimum Gasteiger partial charge on any atom is -0.378 e. The lowest BCUT2D eigenvalue weighted by molar-refractivity contribution is 0.373. The van der Waals surface area contributed by atoms with Crippen molar-refractivity contribution >= 4 is 0 Å². The minimum absolute atomic E-state index is 0.668. The van der Waals surface area contributed by atoms with Crippen LogP contribution in [0.25, 0.3) is 0 Å². The van der Waals surface area contributed by atoms with E-state index >= 15 is 0 Å². The Bertz CT molecular complexity index is 110. The molecule has 0 saturated heterocycles. The molecule has 0 unspecified atom stereocenters. The van der Waals surface area contributed by atoms with Crippen molar-refractivity contribution in [2.75, 3.05) is 13.1 Å². The second-order valence-electron chi connectivity index (χ2n) is 3.62. The molecular weight excluding hydrogens is 146 g/mol. The fourth-order valence-corrected chi connectivity index (χ4v) is 1.13. The van der Waals surface area contributed by atoms with Gasteiger partial charge in [-0.2, -0.15) is 0 Å². The van der Waals surface area contributed by atoms with E-state index in [9.17, 15) is 0 Å².